The number of nitrogens with zero attached hydrogens (tertiary/aromatic N) is 2. The van der Waals surface area contributed by atoms with Crippen molar-refractivity contribution in [1.29, 1.82) is 0 Å². The van der Waals surface area contributed by atoms with Gasteiger partial charge in [0.2, 0.25) is 0 Å². The lowest BCUT2D eigenvalue weighted by molar-refractivity contribution is 0.672. The molecule has 16 rings (SSSR count). The highest BCUT2D eigenvalue weighted by Crippen LogP contribution is 2.59. The van der Waals surface area contributed by atoms with E-state index in [0.717, 1.165) is 28.4 Å². The first-order chi connectivity index (χ1) is 39.6. The topological polar surface area (TPSA) is 6.48 Å². The quantitative estimate of drug-likeness (QED) is 0.147. The second-order valence-corrected chi connectivity index (χ2v) is 23.6. The molecule has 384 valence electrons. The molecular formula is C79H58N2. The lowest BCUT2D eigenvalue weighted by Gasteiger charge is -2.29. The summed E-state index contributed by atoms with van der Waals surface area (Å²) >= 11 is 0. The second-order valence-electron chi connectivity index (χ2n) is 23.6. The van der Waals surface area contributed by atoms with E-state index in [-0.39, 0.29) is 10.8 Å². The summed E-state index contributed by atoms with van der Waals surface area (Å²) in [6.45, 7) is 12.0. The Morgan fingerprint density at radius 2 is 0.704 bits per heavy atom. The molecule has 2 aliphatic rings. The molecule has 0 N–H and O–H groups in total. The van der Waals surface area contributed by atoms with Gasteiger partial charge in [0.25, 0.3) is 0 Å². The number of benzene rings is 14. The van der Waals surface area contributed by atoms with Crippen LogP contribution in [0.5, 0.6) is 0 Å². The summed E-state index contributed by atoms with van der Waals surface area (Å²) in [5, 5.41) is 15.5. The standard InChI is InChI=1S/C79H58N2/c1-49-21-12-19-34-71(49)81(55-26-10-7-11-27-55)58-39-44-66-70(48-58)62-31-16-18-33-64(62)73-68-42-37-53-45-52(36-40-60(53)75(68)79(4,5)77(66)73)51-23-20-28-56(46-51)80(54-24-8-6-9-25-54)57-38-43-65-69(47-57)61-30-15-17-32-63(61)72-67-41-35-50-22-13-14-29-59(50)74(67)78(2,3)76(65)72/h6-48H,1-5H3. The number of fused-ring (bicyclic) bond motifs is 20. The summed E-state index contributed by atoms with van der Waals surface area (Å²) in [6.07, 6.45) is 0. The molecule has 0 atom stereocenters. The van der Waals surface area contributed by atoms with Crippen LogP contribution in [0.1, 0.15) is 55.5 Å². The minimum atomic E-state index is -0.278. The van der Waals surface area contributed by atoms with Gasteiger partial charge in [-0.15, -0.1) is 0 Å². The van der Waals surface area contributed by atoms with Gasteiger partial charge in [-0.3, -0.25) is 0 Å². The summed E-state index contributed by atoms with van der Waals surface area (Å²) in [5.74, 6) is 0. The highest BCUT2D eigenvalue weighted by Gasteiger charge is 2.41. The van der Waals surface area contributed by atoms with Crippen LogP contribution in [0.25, 0.3) is 98.0 Å². The average molecular weight is 1040 g/mol. The van der Waals surface area contributed by atoms with Gasteiger partial charge in [-0.25, -0.2) is 0 Å². The van der Waals surface area contributed by atoms with E-state index in [1.54, 1.807) is 0 Å². The van der Waals surface area contributed by atoms with Gasteiger partial charge in [0.15, 0.2) is 0 Å². The molecule has 2 nitrogen and oxygen atoms in total. The van der Waals surface area contributed by atoms with E-state index in [2.05, 4.69) is 305 Å². The van der Waals surface area contributed by atoms with Crippen LogP contribution in [0.4, 0.5) is 34.1 Å². The number of hydrogen-bond donors (Lipinski definition) is 0. The van der Waals surface area contributed by atoms with Gasteiger partial charge in [0.1, 0.15) is 0 Å². The first-order valence-electron chi connectivity index (χ1n) is 28.6. The Hall–Kier alpha value is -9.76. The molecule has 0 saturated carbocycles. The molecule has 0 bridgehead atoms. The summed E-state index contributed by atoms with van der Waals surface area (Å²) < 4.78 is 0. The Morgan fingerprint density at radius 1 is 0.259 bits per heavy atom. The maximum absolute atomic E-state index is 2.45. The fourth-order valence-electron chi connectivity index (χ4n) is 15.0. The SMILES string of the molecule is Cc1ccccc1N(c1ccccc1)c1ccc2c3c(c4ccccc4c2c1)-c1ccc2cc(-c4cccc(N(c5ccccc5)c5ccc6c7c(c8ccccc8c6c5)-c5ccc6ccccc6c5C7(C)C)c4)ccc2c1C3(C)C. The van der Waals surface area contributed by atoms with Crippen molar-refractivity contribution in [3.05, 3.63) is 289 Å². The van der Waals surface area contributed by atoms with E-state index in [4.69, 9.17) is 0 Å². The molecule has 0 radical (unpaired) electrons. The second kappa shape index (κ2) is 17.6. The van der Waals surface area contributed by atoms with Crippen LogP contribution in [0, 0.1) is 6.92 Å². The van der Waals surface area contributed by atoms with Gasteiger partial charge in [0.05, 0.1) is 0 Å². The minimum absolute atomic E-state index is 0.204. The minimum Gasteiger partial charge on any atom is -0.310 e. The molecule has 0 aliphatic heterocycles. The number of para-hydroxylation sites is 3. The smallest absolute Gasteiger partial charge is 0.0490 e. The highest BCUT2D eigenvalue weighted by atomic mass is 15.1. The van der Waals surface area contributed by atoms with Crippen molar-refractivity contribution in [3.63, 3.8) is 0 Å². The van der Waals surface area contributed by atoms with Crippen molar-refractivity contribution in [1.82, 2.24) is 0 Å². The maximum Gasteiger partial charge on any atom is 0.0490 e. The molecule has 2 aliphatic carbocycles. The molecule has 0 aromatic heterocycles. The van der Waals surface area contributed by atoms with Crippen molar-refractivity contribution in [2.24, 2.45) is 0 Å². The van der Waals surface area contributed by atoms with Crippen LogP contribution in [-0.4, -0.2) is 0 Å². The molecule has 0 spiro atoms. The largest absolute Gasteiger partial charge is 0.310 e. The third-order valence-electron chi connectivity index (χ3n) is 18.3. The zero-order valence-corrected chi connectivity index (χ0v) is 46.2. The molecule has 0 fully saturated rings. The predicted molar refractivity (Wildman–Crippen MR) is 346 cm³/mol. The fraction of sp³-hybridized carbons (Fsp3) is 0.0886. The van der Waals surface area contributed by atoms with Crippen LogP contribution < -0.4 is 9.80 Å². The lowest BCUT2D eigenvalue weighted by Crippen LogP contribution is -2.16. The molecule has 81 heavy (non-hydrogen) atoms. The number of aryl methyl sites for hydroxylation is 1. The van der Waals surface area contributed by atoms with Crippen molar-refractivity contribution in [3.8, 4) is 33.4 Å². The molecule has 14 aromatic rings. The third-order valence-corrected chi connectivity index (χ3v) is 18.3. The molecule has 0 amide bonds. The zero-order valence-electron chi connectivity index (χ0n) is 46.2. The van der Waals surface area contributed by atoms with Crippen LogP contribution in [-0.2, 0) is 10.8 Å². The van der Waals surface area contributed by atoms with Crippen LogP contribution in [0.15, 0.2) is 261 Å². The summed E-state index contributed by atoms with van der Waals surface area (Å²) in [6, 6.07) is 97.5. The van der Waals surface area contributed by atoms with Gasteiger partial charge in [0, 0.05) is 45.0 Å². The number of hydrogen-bond acceptors (Lipinski definition) is 2. The summed E-state index contributed by atoms with van der Waals surface area (Å²) in [7, 11) is 0. The van der Waals surface area contributed by atoms with E-state index in [1.807, 2.05) is 0 Å². The van der Waals surface area contributed by atoms with Crippen LogP contribution in [0.2, 0.25) is 0 Å². The Balaban J connectivity index is 0.808. The van der Waals surface area contributed by atoms with E-state index in [0.29, 0.717) is 0 Å². The van der Waals surface area contributed by atoms with Gasteiger partial charge >= 0.3 is 0 Å². The molecule has 14 aromatic carbocycles. The van der Waals surface area contributed by atoms with Crippen molar-refractivity contribution in [2.75, 3.05) is 9.80 Å². The number of anilines is 6. The Morgan fingerprint density at radius 3 is 1.31 bits per heavy atom. The first-order valence-corrected chi connectivity index (χ1v) is 28.6. The first kappa shape index (κ1) is 47.3. The van der Waals surface area contributed by atoms with Crippen LogP contribution >= 0.6 is 0 Å². The Kier molecular flexibility index (Phi) is 10.3. The molecular weight excluding hydrogens is 977 g/mol. The predicted octanol–water partition coefficient (Wildman–Crippen LogP) is 22.1. The fourth-order valence-corrected chi connectivity index (χ4v) is 15.0. The molecule has 0 saturated heterocycles. The van der Waals surface area contributed by atoms with Gasteiger partial charge in [-0.2, -0.15) is 0 Å². The van der Waals surface area contributed by atoms with Gasteiger partial charge in [-0.05, 0) is 206 Å². The zero-order chi connectivity index (χ0) is 54.3. The third kappa shape index (κ3) is 6.93. The molecule has 0 heterocycles. The maximum atomic E-state index is 2.45. The normalized spacial score (nSPS) is 13.7. The lowest BCUT2D eigenvalue weighted by atomic mass is 9.77. The Bertz CT molecular complexity index is 4950. The van der Waals surface area contributed by atoms with Crippen molar-refractivity contribution >= 4 is 98.8 Å². The van der Waals surface area contributed by atoms with Crippen LogP contribution in [0.3, 0.4) is 0 Å². The number of rotatable bonds is 7. The molecule has 2 heteroatoms. The Labute approximate surface area is 473 Å². The van der Waals surface area contributed by atoms with Crippen molar-refractivity contribution in [2.45, 2.75) is 45.4 Å². The average Bonchev–Trinajstić information content (AvgIpc) is 3.98. The van der Waals surface area contributed by atoms with Gasteiger partial charge < -0.3 is 9.80 Å². The van der Waals surface area contributed by atoms with E-state index < -0.39 is 0 Å². The van der Waals surface area contributed by atoms with E-state index in [9.17, 15) is 0 Å². The monoisotopic (exact) mass is 1030 g/mol. The van der Waals surface area contributed by atoms with Crippen molar-refractivity contribution < 1.29 is 0 Å². The van der Waals surface area contributed by atoms with E-state index in [1.165, 1.54) is 132 Å². The summed E-state index contributed by atoms with van der Waals surface area (Å²) in [5.41, 5.74) is 21.0. The molecule has 0 unspecified atom stereocenters. The summed E-state index contributed by atoms with van der Waals surface area (Å²) in [4.78, 5) is 4.85. The highest BCUT2D eigenvalue weighted by molar-refractivity contribution is 6.22. The van der Waals surface area contributed by atoms with E-state index >= 15 is 0 Å². The van der Waals surface area contributed by atoms with Gasteiger partial charge in [-0.1, -0.05) is 216 Å².